The summed E-state index contributed by atoms with van der Waals surface area (Å²) in [5, 5.41) is 10.3. The third-order valence-corrected chi connectivity index (χ3v) is 2.95. The van der Waals surface area contributed by atoms with Crippen molar-refractivity contribution in [1.29, 1.82) is 0 Å². The zero-order chi connectivity index (χ0) is 13.0. The highest BCUT2D eigenvalue weighted by Gasteiger charge is 2.02. The van der Waals surface area contributed by atoms with Crippen molar-refractivity contribution in [3.05, 3.63) is 36.0 Å². The number of rotatable bonds is 6. The van der Waals surface area contributed by atoms with Crippen molar-refractivity contribution in [1.82, 2.24) is 4.57 Å². The van der Waals surface area contributed by atoms with E-state index in [0.717, 1.165) is 25.3 Å². The van der Waals surface area contributed by atoms with Crippen molar-refractivity contribution >= 4 is 10.9 Å². The molecule has 0 unspecified atom stereocenters. The molecule has 18 heavy (non-hydrogen) atoms. The number of fused-ring (bicyclic) bond motifs is 1. The summed E-state index contributed by atoms with van der Waals surface area (Å²) in [4.78, 5) is 0. The second kappa shape index (κ2) is 6.03. The van der Waals surface area contributed by atoms with E-state index in [0.29, 0.717) is 5.92 Å². The number of aliphatic hydroxyl groups is 1. The van der Waals surface area contributed by atoms with Crippen molar-refractivity contribution in [3.63, 3.8) is 0 Å². The Morgan fingerprint density at radius 1 is 1.28 bits per heavy atom. The minimum absolute atomic E-state index is 0.0959. The van der Waals surface area contributed by atoms with Crippen molar-refractivity contribution < 1.29 is 9.84 Å². The molecule has 0 aliphatic heterocycles. The second-order valence-electron chi connectivity index (χ2n) is 5.03. The molecule has 3 nitrogen and oxygen atoms in total. The summed E-state index contributed by atoms with van der Waals surface area (Å²) in [7, 11) is 0. The normalized spacial score (nSPS) is 11.6. The Hall–Kier alpha value is -1.32. The summed E-state index contributed by atoms with van der Waals surface area (Å²) in [6, 6.07) is 8.13. The average molecular weight is 247 g/mol. The third kappa shape index (κ3) is 3.12. The highest BCUT2D eigenvalue weighted by Crippen LogP contribution is 2.17. The van der Waals surface area contributed by atoms with Gasteiger partial charge in [0.2, 0.25) is 0 Å². The number of ether oxygens (including phenoxy) is 1. The van der Waals surface area contributed by atoms with Gasteiger partial charge < -0.3 is 14.4 Å². The molecule has 0 saturated heterocycles. The predicted octanol–water partition coefficient (Wildman–Crippen LogP) is 2.81. The molecule has 1 heterocycles. The summed E-state index contributed by atoms with van der Waals surface area (Å²) in [6.45, 7) is 6.83. The van der Waals surface area contributed by atoms with E-state index in [1.807, 2.05) is 12.1 Å². The zero-order valence-corrected chi connectivity index (χ0v) is 11.1. The fraction of sp³-hybridized carbons (Fsp3) is 0.467. The molecule has 2 aromatic rings. The summed E-state index contributed by atoms with van der Waals surface area (Å²) < 4.78 is 7.79. The van der Waals surface area contributed by atoms with Crippen LogP contribution in [0, 0.1) is 5.92 Å². The van der Waals surface area contributed by atoms with Crippen molar-refractivity contribution in [3.8, 4) is 0 Å². The van der Waals surface area contributed by atoms with Gasteiger partial charge in [-0.1, -0.05) is 19.9 Å². The second-order valence-corrected chi connectivity index (χ2v) is 5.03. The third-order valence-electron chi connectivity index (χ3n) is 2.95. The Morgan fingerprint density at radius 3 is 2.83 bits per heavy atom. The van der Waals surface area contributed by atoms with E-state index >= 15 is 0 Å². The van der Waals surface area contributed by atoms with E-state index in [1.54, 1.807) is 0 Å². The van der Waals surface area contributed by atoms with Crippen molar-refractivity contribution in [2.75, 3.05) is 13.2 Å². The zero-order valence-electron chi connectivity index (χ0n) is 11.1. The van der Waals surface area contributed by atoms with Gasteiger partial charge in [0.05, 0.1) is 13.2 Å². The summed E-state index contributed by atoms with van der Waals surface area (Å²) in [5.41, 5.74) is 2.15. The molecule has 0 aliphatic rings. The van der Waals surface area contributed by atoms with E-state index in [1.165, 1.54) is 10.9 Å². The average Bonchev–Trinajstić information content (AvgIpc) is 2.76. The Kier molecular flexibility index (Phi) is 4.39. The Balaban J connectivity index is 2.01. The van der Waals surface area contributed by atoms with E-state index in [-0.39, 0.29) is 6.61 Å². The molecule has 3 heteroatoms. The van der Waals surface area contributed by atoms with Crippen LogP contribution in [0.5, 0.6) is 0 Å². The monoisotopic (exact) mass is 247 g/mol. The fourth-order valence-corrected chi connectivity index (χ4v) is 2.02. The summed E-state index contributed by atoms with van der Waals surface area (Å²) in [5.74, 6) is 0.582. The molecule has 0 amide bonds. The minimum Gasteiger partial charge on any atom is -0.392 e. The quantitative estimate of drug-likeness (QED) is 0.796. The molecule has 0 spiro atoms. The van der Waals surface area contributed by atoms with E-state index in [2.05, 4.69) is 36.7 Å². The maximum absolute atomic E-state index is 9.10. The van der Waals surface area contributed by atoms with Crippen molar-refractivity contribution in [2.45, 2.75) is 27.0 Å². The van der Waals surface area contributed by atoms with Gasteiger partial charge in [0.15, 0.2) is 0 Å². The lowest BCUT2D eigenvalue weighted by atomic mass is 10.2. The van der Waals surface area contributed by atoms with Gasteiger partial charge in [-0.05, 0) is 35.1 Å². The van der Waals surface area contributed by atoms with Gasteiger partial charge in [-0.15, -0.1) is 0 Å². The Bertz CT molecular complexity index is 502. The molecular weight excluding hydrogens is 226 g/mol. The number of hydrogen-bond donors (Lipinski definition) is 1. The maximum Gasteiger partial charge on any atom is 0.0682 e. The van der Waals surface area contributed by atoms with E-state index in [4.69, 9.17) is 9.84 Å². The van der Waals surface area contributed by atoms with Crippen LogP contribution in [0.1, 0.15) is 19.4 Å². The Labute approximate surface area is 108 Å². The number of aromatic nitrogens is 1. The van der Waals surface area contributed by atoms with Gasteiger partial charge in [-0.25, -0.2) is 0 Å². The van der Waals surface area contributed by atoms with Gasteiger partial charge in [-0.3, -0.25) is 0 Å². The van der Waals surface area contributed by atoms with Gasteiger partial charge in [0, 0.05) is 24.9 Å². The lowest BCUT2D eigenvalue weighted by molar-refractivity contribution is 0.104. The van der Waals surface area contributed by atoms with Crippen LogP contribution in [0.3, 0.4) is 0 Å². The number of hydrogen-bond acceptors (Lipinski definition) is 2. The molecule has 0 radical (unpaired) electrons. The largest absolute Gasteiger partial charge is 0.392 e. The van der Waals surface area contributed by atoms with E-state index in [9.17, 15) is 0 Å². The fourth-order valence-electron chi connectivity index (χ4n) is 2.02. The van der Waals surface area contributed by atoms with Crippen LogP contribution in [0.15, 0.2) is 30.5 Å². The van der Waals surface area contributed by atoms with Gasteiger partial charge in [0.25, 0.3) is 0 Å². The first-order valence-corrected chi connectivity index (χ1v) is 6.47. The summed E-state index contributed by atoms with van der Waals surface area (Å²) >= 11 is 0. The molecule has 1 aromatic heterocycles. The highest BCUT2D eigenvalue weighted by atomic mass is 16.5. The molecule has 1 N–H and O–H groups in total. The molecule has 0 aliphatic carbocycles. The smallest absolute Gasteiger partial charge is 0.0682 e. The van der Waals surface area contributed by atoms with E-state index < -0.39 is 0 Å². The minimum atomic E-state index is 0.0959. The molecule has 98 valence electrons. The standard InChI is InChI=1S/C15H21NO2/c1-12(2)11-18-8-7-16-6-5-14-9-13(10-17)3-4-15(14)16/h3-6,9,12,17H,7-8,10-11H2,1-2H3. The maximum atomic E-state index is 9.10. The molecule has 0 atom stereocenters. The lowest BCUT2D eigenvalue weighted by Gasteiger charge is -2.08. The SMILES string of the molecule is CC(C)COCCn1ccc2cc(CO)ccc21. The molecule has 0 bridgehead atoms. The number of aliphatic hydroxyl groups excluding tert-OH is 1. The molecule has 2 rings (SSSR count). The van der Waals surface area contributed by atoms with Crippen LogP contribution in [-0.2, 0) is 17.9 Å². The number of nitrogens with zero attached hydrogens (tertiary/aromatic N) is 1. The molecule has 1 aromatic carbocycles. The van der Waals surface area contributed by atoms with Gasteiger partial charge in [0.1, 0.15) is 0 Å². The molecule has 0 fully saturated rings. The van der Waals surface area contributed by atoms with Crippen LogP contribution in [0.4, 0.5) is 0 Å². The first kappa shape index (κ1) is 13.1. The first-order valence-electron chi connectivity index (χ1n) is 6.47. The Morgan fingerprint density at radius 2 is 2.11 bits per heavy atom. The van der Waals surface area contributed by atoms with Crippen LogP contribution < -0.4 is 0 Å². The molecule has 0 saturated carbocycles. The van der Waals surface area contributed by atoms with Crippen LogP contribution in [0.2, 0.25) is 0 Å². The van der Waals surface area contributed by atoms with Gasteiger partial charge >= 0.3 is 0 Å². The van der Waals surface area contributed by atoms with Crippen molar-refractivity contribution in [2.24, 2.45) is 5.92 Å². The summed E-state index contributed by atoms with van der Waals surface area (Å²) in [6.07, 6.45) is 2.07. The van der Waals surface area contributed by atoms with Crippen LogP contribution >= 0.6 is 0 Å². The van der Waals surface area contributed by atoms with Crippen LogP contribution in [-0.4, -0.2) is 22.9 Å². The number of benzene rings is 1. The first-order chi connectivity index (χ1) is 8.70. The topological polar surface area (TPSA) is 34.4 Å². The van der Waals surface area contributed by atoms with Gasteiger partial charge in [-0.2, -0.15) is 0 Å². The predicted molar refractivity (Wildman–Crippen MR) is 73.5 cm³/mol. The highest BCUT2D eigenvalue weighted by molar-refractivity contribution is 5.80. The molecular formula is C15H21NO2. The lowest BCUT2D eigenvalue weighted by Crippen LogP contribution is -2.08. The van der Waals surface area contributed by atoms with Crippen LogP contribution in [0.25, 0.3) is 10.9 Å².